The molecule has 0 bridgehead atoms. The number of aliphatic imine (C=N–C) groups is 1. The second-order valence-corrected chi connectivity index (χ2v) is 8.89. The van der Waals surface area contributed by atoms with E-state index in [2.05, 4.69) is 9.98 Å². The minimum Gasteiger partial charge on any atom is -0.464 e. The highest BCUT2D eigenvalue weighted by Gasteiger charge is 2.29. The van der Waals surface area contributed by atoms with Gasteiger partial charge in [-0.05, 0) is 32.3 Å². The summed E-state index contributed by atoms with van der Waals surface area (Å²) in [7, 11) is 3.62. The molecule has 0 saturated carbocycles. The van der Waals surface area contributed by atoms with E-state index in [1.54, 1.807) is 35.5 Å². The third-order valence-electron chi connectivity index (χ3n) is 5.53. The summed E-state index contributed by atoms with van der Waals surface area (Å²) in [6, 6.07) is 7.24. The predicted octanol–water partition coefficient (Wildman–Crippen LogP) is 4.38. The molecule has 1 aliphatic rings. The van der Waals surface area contributed by atoms with Gasteiger partial charge in [0.15, 0.2) is 6.29 Å². The number of para-hydroxylation sites is 1. The standard InChI is InChI=1S/C23H26N4O5S/c1-14(26(2)3)24-21(28)17-13-33-22(25-17)20(32-19-10-6-7-11-31-19)16-12-27(23(29)30)18-9-5-4-8-15(16)18/h4-5,8-9,12-13,19-20H,6-7,10-11H2,1-3H3,(H,29,30)/b24-14+. The first-order valence-electron chi connectivity index (χ1n) is 10.7. The van der Waals surface area contributed by atoms with E-state index < -0.39 is 24.4 Å². The number of rotatable bonds is 5. The van der Waals surface area contributed by atoms with Crippen LogP contribution in [0.5, 0.6) is 0 Å². The first-order valence-corrected chi connectivity index (χ1v) is 11.6. The molecule has 1 N–H and O–H groups in total. The van der Waals surface area contributed by atoms with Gasteiger partial charge >= 0.3 is 6.09 Å². The van der Waals surface area contributed by atoms with E-state index in [0.29, 0.717) is 28.5 Å². The quantitative estimate of drug-likeness (QED) is 0.436. The minimum absolute atomic E-state index is 0.219. The van der Waals surface area contributed by atoms with Crippen molar-refractivity contribution in [3.63, 3.8) is 0 Å². The Kier molecular flexibility index (Phi) is 6.87. The van der Waals surface area contributed by atoms with Gasteiger partial charge in [0.05, 0.1) is 5.52 Å². The van der Waals surface area contributed by atoms with Gasteiger partial charge in [-0.2, -0.15) is 4.99 Å². The van der Waals surface area contributed by atoms with E-state index in [1.807, 2.05) is 26.2 Å². The number of fused-ring (bicyclic) bond motifs is 1. The molecular weight excluding hydrogens is 444 g/mol. The lowest BCUT2D eigenvalue weighted by Gasteiger charge is -2.26. The third kappa shape index (κ3) is 4.97. The summed E-state index contributed by atoms with van der Waals surface area (Å²) in [6.07, 6.45) is 2.02. The first kappa shape index (κ1) is 23.1. The van der Waals surface area contributed by atoms with Gasteiger partial charge in [-0.1, -0.05) is 18.2 Å². The Morgan fingerprint density at radius 3 is 2.82 bits per heavy atom. The number of ether oxygens (including phenoxy) is 2. The summed E-state index contributed by atoms with van der Waals surface area (Å²) >= 11 is 1.28. The van der Waals surface area contributed by atoms with Crippen molar-refractivity contribution in [3.8, 4) is 0 Å². The number of aromatic nitrogens is 2. The zero-order chi connectivity index (χ0) is 23.5. The fourth-order valence-corrected chi connectivity index (χ4v) is 4.46. The van der Waals surface area contributed by atoms with Crippen LogP contribution in [0.2, 0.25) is 0 Å². The number of thiazole rings is 1. The molecule has 0 spiro atoms. The molecule has 1 amide bonds. The lowest BCUT2D eigenvalue weighted by molar-refractivity contribution is -0.181. The topological polar surface area (TPSA) is 106 Å². The van der Waals surface area contributed by atoms with E-state index in [0.717, 1.165) is 24.6 Å². The van der Waals surface area contributed by atoms with Crippen molar-refractivity contribution in [1.29, 1.82) is 0 Å². The van der Waals surface area contributed by atoms with Crippen LogP contribution in [0.1, 0.15) is 53.3 Å². The van der Waals surface area contributed by atoms with Crippen molar-refractivity contribution in [2.75, 3.05) is 20.7 Å². The van der Waals surface area contributed by atoms with Gasteiger partial charge in [-0.15, -0.1) is 11.3 Å². The molecule has 9 nitrogen and oxygen atoms in total. The van der Waals surface area contributed by atoms with Crippen LogP contribution in [-0.4, -0.2) is 64.4 Å². The fraction of sp³-hybridized carbons (Fsp3) is 0.391. The molecule has 33 heavy (non-hydrogen) atoms. The van der Waals surface area contributed by atoms with E-state index in [-0.39, 0.29) is 5.69 Å². The molecular formula is C23H26N4O5S. The number of hydrogen-bond donors (Lipinski definition) is 1. The van der Waals surface area contributed by atoms with Gasteiger partial charge in [0.1, 0.15) is 22.6 Å². The van der Waals surface area contributed by atoms with Crippen LogP contribution in [0.15, 0.2) is 40.8 Å². The van der Waals surface area contributed by atoms with E-state index in [4.69, 9.17) is 9.47 Å². The van der Waals surface area contributed by atoms with Crippen LogP contribution in [-0.2, 0) is 9.47 Å². The largest absolute Gasteiger partial charge is 0.464 e. The molecule has 3 heterocycles. The Bertz CT molecular complexity index is 1190. The van der Waals surface area contributed by atoms with Crippen molar-refractivity contribution in [1.82, 2.24) is 14.5 Å². The first-order chi connectivity index (χ1) is 15.8. The summed E-state index contributed by atoms with van der Waals surface area (Å²) in [5, 5.41) is 12.6. The normalized spacial score (nSPS) is 17.8. The van der Waals surface area contributed by atoms with Crippen molar-refractivity contribution in [2.24, 2.45) is 4.99 Å². The molecule has 1 fully saturated rings. The number of amides is 1. The Balaban J connectivity index is 1.75. The monoisotopic (exact) mass is 470 g/mol. The maximum atomic E-state index is 12.6. The SMILES string of the molecule is C/C(=N\C(=O)c1csc(C(OC2CCCCO2)c2cn(C(=O)O)c3ccccc23)n1)N(C)C. The highest BCUT2D eigenvalue weighted by Crippen LogP contribution is 2.37. The van der Waals surface area contributed by atoms with Crippen molar-refractivity contribution in [2.45, 2.75) is 38.6 Å². The zero-order valence-electron chi connectivity index (χ0n) is 18.7. The minimum atomic E-state index is -1.09. The van der Waals surface area contributed by atoms with E-state index >= 15 is 0 Å². The van der Waals surface area contributed by atoms with E-state index in [1.165, 1.54) is 15.9 Å². The van der Waals surface area contributed by atoms with E-state index in [9.17, 15) is 14.7 Å². The molecule has 1 saturated heterocycles. The fourth-order valence-electron chi connectivity index (χ4n) is 3.62. The molecule has 174 valence electrons. The van der Waals surface area contributed by atoms with Crippen molar-refractivity contribution >= 4 is 40.1 Å². The molecule has 1 aliphatic heterocycles. The molecule has 1 aromatic carbocycles. The molecule has 4 rings (SSSR count). The summed E-state index contributed by atoms with van der Waals surface area (Å²) in [6.45, 7) is 2.35. The Morgan fingerprint density at radius 2 is 2.12 bits per heavy atom. The second kappa shape index (κ2) is 9.82. The van der Waals surface area contributed by atoms with Gasteiger partial charge in [-0.25, -0.2) is 9.78 Å². The summed E-state index contributed by atoms with van der Waals surface area (Å²) in [5.74, 6) is 0.131. The van der Waals surface area contributed by atoms with Crippen molar-refractivity contribution in [3.05, 3.63) is 52.1 Å². The Labute approximate surface area is 195 Å². The molecule has 2 aromatic heterocycles. The molecule has 3 aromatic rings. The lowest BCUT2D eigenvalue weighted by Crippen LogP contribution is -2.25. The zero-order valence-corrected chi connectivity index (χ0v) is 19.5. The number of carbonyl (C=O) groups excluding carboxylic acids is 1. The Morgan fingerprint density at radius 1 is 1.33 bits per heavy atom. The smallest absolute Gasteiger partial charge is 0.416 e. The highest BCUT2D eigenvalue weighted by atomic mass is 32.1. The number of benzene rings is 1. The Hall–Kier alpha value is -3.08. The van der Waals surface area contributed by atoms with Gasteiger partial charge in [0.25, 0.3) is 5.91 Å². The van der Waals surface area contributed by atoms with Crippen LogP contribution >= 0.6 is 11.3 Å². The van der Waals surface area contributed by atoms with Crippen LogP contribution in [0.3, 0.4) is 0 Å². The number of hydrogen-bond acceptors (Lipinski definition) is 6. The van der Waals surface area contributed by atoms with Crippen molar-refractivity contribution < 1.29 is 24.2 Å². The van der Waals surface area contributed by atoms with Crippen LogP contribution in [0, 0.1) is 0 Å². The second-order valence-electron chi connectivity index (χ2n) is 8.00. The summed E-state index contributed by atoms with van der Waals surface area (Å²) in [4.78, 5) is 34.8. The number of amidine groups is 1. The van der Waals surface area contributed by atoms with Crippen LogP contribution < -0.4 is 0 Å². The predicted molar refractivity (Wildman–Crippen MR) is 125 cm³/mol. The molecule has 0 radical (unpaired) electrons. The number of carboxylic acid groups (broad SMARTS) is 1. The van der Waals surface area contributed by atoms with Gasteiger partial charge in [0.2, 0.25) is 0 Å². The molecule has 10 heteroatoms. The van der Waals surface area contributed by atoms with Crippen LogP contribution in [0.25, 0.3) is 10.9 Å². The number of nitrogens with zero attached hydrogens (tertiary/aromatic N) is 4. The lowest BCUT2D eigenvalue weighted by atomic mass is 10.1. The maximum Gasteiger partial charge on any atom is 0.416 e. The third-order valence-corrected chi connectivity index (χ3v) is 6.42. The summed E-state index contributed by atoms with van der Waals surface area (Å²) in [5.41, 5.74) is 1.43. The summed E-state index contributed by atoms with van der Waals surface area (Å²) < 4.78 is 13.3. The van der Waals surface area contributed by atoms with Crippen LogP contribution in [0.4, 0.5) is 4.79 Å². The molecule has 2 atom stereocenters. The average molecular weight is 471 g/mol. The van der Waals surface area contributed by atoms with Gasteiger partial charge in [0, 0.05) is 43.2 Å². The van der Waals surface area contributed by atoms with Gasteiger partial charge in [-0.3, -0.25) is 9.36 Å². The molecule has 0 aliphatic carbocycles. The van der Waals surface area contributed by atoms with Gasteiger partial charge < -0.3 is 19.5 Å². The number of carbonyl (C=O) groups is 2. The maximum absolute atomic E-state index is 12.6. The molecule has 2 unspecified atom stereocenters. The average Bonchev–Trinajstić information content (AvgIpc) is 3.44. The highest BCUT2D eigenvalue weighted by molar-refractivity contribution is 7.10.